The molecule has 3 amide bonds. The Bertz CT molecular complexity index is 1750. The average Bonchev–Trinajstić information content (AvgIpc) is 3.72. The lowest BCUT2D eigenvalue weighted by molar-refractivity contribution is -0.141. The third kappa shape index (κ3) is 8.28. The van der Waals surface area contributed by atoms with E-state index in [9.17, 15) is 18.9 Å². The van der Waals surface area contributed by atoms with Gasteiger partial charge in [0.05, 0.1) is 33.5 Å². The largest absolute Gasteiger partial charge is 0.496 e. The van der Waals surface area contributed by atoms with Crippen molar-refractivity contribution in [1.29, 1.82) is 0 Å². The van der Waals surface area contributed by atoms with Crippen molar-refractivity contribution in [3.8, 4) is 11.6 Å². The van der Waals surface area contributed by atoms with Crippen LogP contribution in [-0.4, -0.2) is 84.7 Å². The molecule has 2 unspecified atom stereocenters. The summed E-state index contributed by atoms with van der Waals surface area (Å²) < 4.78 is 43.9. The van der Waals surface area contributed by atoms with Gasteiger partial charge in [-0.2, -0.15) is 0 Å². The number of fused-ring (bicyclic) bond motifs is 3. The van der Waals surface area contributed by atoms with Crippen molar-refractivity contribution in [1.82, 2.24) is 20.5 Å². The van der Waals surface area contributed by atoms with Gasteiger partial charge in [0.2, 0.25) is 17.7 Å². The molecule has 4 bridgehead atoms. The van der Waals surface area contributed by atoms with Gasteiger partial charge < -0.3 is 38.8 Å². The number of nitrogens with one attached hydrogen (secondary N) is 2. The zero-order valence-corrected chi connectivity index (χ0v) is 33.3. The molecule has 4 aliphatic rings. The van der Waals surface area contributed by atoms with E-state index in [-0.39, 0.29) is 55.9 Å². The van der Waals surface area contributed by atoms with Crippen molar-refractivity contribution in [2.45, 2.75) is 115 Å². The summed E-state index contributed by atoms with van der Waals surface area (Å²) >= 11 is 0. The quantitative estimate of drug-likeness (QED) is 0.192. The van der Waals surface area contributed by atoms with Gasteiger partial charge >= 0.3 is 13.7 Å². The van der Waals surface area contributed by atoms with E-state index in [2.05, 4.69) is 36.0 Å². The predicted octanol–water partition coefficient (Wildman–Crippen LogP) is 6.91. The molecule has 1 aromatic heterocycles. The molecule has 5 atom stereocenters. The van der Waals surface area contributed by atoms with Crippen LogP contribution in [0.2, 0.25) is 0 Å². The second-order valence-electron chi connectivity index (χ2n) is 15.9. The number of pyridine rings is 1. The van der Waals surface area contributed by atoms with Gasteiger partial charge in [-0.05, 0) is 92.9 Å². The Morgan fingerprint density at radius 2 is 1.89 bits per heavy atom. The molecule has 296 valence electrons. The average molecular weight is 769 g/mol. The molecule has 2 aliphatic carbocycles. The van der Waals surface area contributed by atoms with Crippen LogP contribution >= 0.6 is 7.60 Å². The van der Waals surface area contributed by atoms with Crippen molar-refractivity contribution < 1.29 is 42.2 Å². The second-order valence-corrected chi connectivity index (χ2v) is 18.2. The van der Waals surface area contributed by atoms with E-state index in [0.717, 1.165) is 73.5 Å². The molecule has 3 heterocycles. The Hall–Kier alpha value is -3.67. The highest BCUT2D eigenvalue weighted by molar-refractivity contribution is 7.56. The zero-order chi connectivity index (χ0) is 38.7. The highest BCUT2D eigenvalue weighted by Gasteiger charge is 2.68. The summed E-state index contributed by atoms with van der Waals surface area (Å²) in [6.07, 6.45) is 9.26. The maximum absolute atomic E-state index is 14.9. The number of benzene rings is 1. The van der Waals surface area contributed by atoms with Crippen molar-refractivity contribution in [3.63, 3.8) is 0 Å². The molecule has 13 nitrogen and oxygen atoms in total. The van der Waals surface area contributed by atoms with Crippen molar-refractivity contribution in [2.24, 2.45) is 17.3 Å². The lowest BCUT2D eigenvalue weighted by atomic mass is 9.83. The van der Waals surface area contributed by atoms with Crippen molar-refractivity contribution in [2.75, 3.05) is 33.5 Å². The number of carbonyl (C=O) groups excluding carboxylic acids is 3. The van der Waals surface area contributed by atoms with E-state index in [0.29, 0.717) is 12.3 Å². The number of ether oxygens (including phenoxy) is 3. The molecule has 2 aromatic rings. The monoisotopic (exact) mass is 768 g/mol. The van der Waals surface area contributed by atoms with Crippen LogP contribution in [0.5, 0.6) is 11.6 Å². The summed E-state index contributed by atoms with van der Waals surface area (Å²) in [6, 6.07) is 4.00. The first-order chi connectivity index (χ1) is 25.9. The van der Waals surface area contributed by atoms with E-state index in [1.165, 1.54) is 4.90 Å². The van der Waals surface area contributed by atoms with Gasteiger partial charge in [-0.15, -0.1) is 6.58 Å². The number of rotatable bonds is 10. The van der Waals surface area contributed by atoms with Crippen LogP contribution in [0.25, 0.3) is 10.8 Å². The molecule has 2 aliphatic heterocycles. The molecule has 2 N–H and O–H groups in total. The number of aryl methyl sites for hydroxylation is 1. The molecule has 0 spiro atoms. The summed E-state index contributed by atoms with van der Waals surface area (Å²) in [6.45, 7) is 12.0. The Balaban J connectivity index is 1.39. The van der Waals surface area contributed by atoms with Gasteiger partial charge in [0.1, 0.15) is 29.2 Å². The van der Waals surface area contributed by atoms with Crippen molar-refractivity contribution in [3.05, 3.63) is 42.6 Å². The summed E-state index contributed by atoms with van der Waals surface area (Å²) in [5.74, 6) is -0.226. The van der Waals surface area contributed by atoms with Crippen LogP contribution in [0.4, 0.5) is 4.79 Å². The SMILES string of the molecule is C=CC1CC1(NC(=O)[C@@H]1C[C@@H]2CN1C(=O)[C@H](C1CCCCC1)NC(=O)OCC(C)(C)CCCc1cc3c(nccc3cc1OC)O2)P(=O)(OCC)OCC. The Kier molecular flexibility index (Phi) is 12.3. The third-order valence-electron chi connectivity index (χ3n) is 11.5. The number of alkyl carbamates (subject to hydrolysis) is 1. The first-order valence-corrected chi connectivity index (χ1v) is 21.1. The molecule has 1 saturated heterocycles. The lowest BCUT2D eigenvalue weighted by Crippen LogP contribution is -2.57. The van der Waals surface area contributed by atoms with E-state index in [4.69, 9.17) is 23.3 Å². The molecular formula is C40H57N4O9P. The van der Waals surface area contributed by atoms with Crippen LogP contribution in [0.3, 0.4) is 0 Å². The number of hydrogen-bond donors (Lipinski definition) is 2. The first kappa shape index (κ1) is 40.0. The minimum absolute atomic E-state index is 0.0669. The Morgan fingerprint density at radius 1 is 1.15 bits per heavy atom. The van der Waals surface area contributed by atoms with Gasteiger partial charge in [-0.3, -0.25) is 14.2 Å². The fourth-order valence-corrected chi connectivity index (χ4v) is 10.9. The maximum atomic E-state index is 14.9. The van der Waals surface area contributed by atoms with Gasteiger partial charge in [0.15, 0.2) is 0 Å². The summed E-state index contributed by atoms with van der Waals surface area (Å²) in [7, 11) is -2.19. The molecule has 14 heteroatoms. The lowest BCUT2D eigenvalue weighted by Gasteiger charge is -2.35. The Labute approximate surface area is 318 Å². The minimum atomic E-state index is -3.84. The van der Waals surface area contributed by atoms with Gasteiger partial charge in [-0.25, -0.2) is 9.78 Å². The summed E-state index contributed by atoms with van der Waals surface area (Å²) in [5, 5.41) is 6.35. The molecule has 0 radical (unpaired) electrons. The predicted molar refractivity (Wildman–Crippen MR) is 204 cm³/mol. The zero-order valence-electron chi connectivity index (χ0n) is 32.4. The standard InChI is InChI=1S/C40H57N4O9P/c1-7-29-23-40(29,54(48,51-8-2)52-9-3)43-35(45)32-22-30-24-44(32)37(46)34(26-14-11-10-12-15-26)42-38(47)50-25-39(4,5)18-13-16-28-20-31-27(21-33(28)49-6)17-19-41-36(31)53-30/h7,17,19-21,26,29-30,32,34H,1,8-16,18,22-25H2,2-6H3,(H,42,47)(H,43,45)/t29?,30-,32+,34+,40?/m1/s1. The molecule has 6 rings (SSSR count). The molecule has 2 saturated carbocycles. The molecular weight excluding hydrogens is 711 g/mol. The summed E-state index contributed by atoms with van der Waals surface area (Å²) in [5.41, 5.74) is 0.664. The second kappa shape index (κ2) is 16.6. The first-order valence-electron chi connectivity index (χ1n) is 19.6. The fraction of sp³-hybridized carbons (Fsp3) is 0.650. The van der Waals surface area contributed by atoms with Crippen LogP contribution in [0.1, 0.15) is 91.0 Å². The molecule has 54 heavy (non-hydrogen) atoms. The van der Waals surface area contributed by atoms with E-state index < -0.39 is 43.1 Å². The van der Waals surface area contributed by atoms with Crippen LogP contribution < -0.4 is 20.1 Å². The number of cyclic esters (lactones) is 1. The Morgan fingerprint density at radius 3 is 2.56 bits per heavy atom. The highest BCUT2D eigenvalue weighted by Crippen LogP contribution is 2.72. The smallest absolute Gasteiger partial charge is 0.407 e. The number of amides is 3. The number of aromatic nitrogens is 1. The van der Waals surface area contributed by atoms with Gasteiger partial charge in [0, 0.05) is 23.9 Å². The third-order valence-corrected chi connectivity index (χ3v) is 14.3. The van der Waals surface area contributed by atoms with Crippen LogP contribution in [0.15, 0.2) is 37.1 Å². The highest BCUT2D eigenvalue weighted by atomic mass is 31.2. The van der Waals surface area contributed by atoms with Gasteiger partial charge in [0.25, 0.3) is 0 Å². The number of hydrogen-bond acceptors (Lipinski definition) is 10. The van der Waals surface area contributed by atoms with E-state index >= 15 is 0 Å². The number of methoxy groups -OCH3 is 1. The number of nitrogens with zero attached hydrogens (tertiary/aromatic N) is 2. The normalized spacial score (nSPS) is 28.0. The van der Waals surface area contributed by atoms with Crippen molar-refractivity contribution >= 4 is 36.3 Å². The van der Waals surface area contributed by atoms with Gasteiger partial charge in [-0.1, -0.05) is 39.2 Å². The van der Waals surface area contributed by atoms with Crippen LogP contribution in [0, 0.1) is 17.3 Å². The molecule has 1 aromatic carbocycles. The topological polar surface area (TPSA) is 155 Å². The minimum Gasteiger partial charge on any atom is -0.496 e. The summed E-state index contributed by atoms with van der Waals surface area (Å²) in [4.78, 5) is 49.1. The fourth-order valence-electron chi connectivity index (χ4n) is 8.50. The van der Waals surface area contributed by atoms with E-state index in [1.807, 2.05) is 18.2 Å². The van der Waals surface area contributed by atoms with E-state index in [1.54, 1.807) is 33.2 Å². The van der Waals surface area contributed by atoms with Crippen LogP contribution in [-0.2, 0) is 34.4 Å². The maximum Gasteiger partial charge on any atom is 0.407 e. The number of carbonyl (C=O) groups is 3. The molecule has 3 fully saturated rings.